The number of para-hydroxylation sites is 1. The van der Waals surface area contributed by atoms with Crippen LogP contribution in [0.3, 0.4) is 0 Å². The molecule has 4 aromatic carbocycles. The molecule has 2 heterocycles. The summed E-state index contributed by atoms with van der Waals surface area (Å²) in [6, 6.07) is 30.0. The number of imide groups is 1. The fourth-order valence-electron chi connectivity index (χ4n) is 4.91. The van der Waals surface area contributed by atoms with Crippen LogP contribution in [0.25, 0.3) is 10.8 Å². The molecule has 2 amide bonds. The maximum atomic E-state index is 13.8. The average Bonchev–Trinajstić information content (AvgIpc) is 3.35. The SMILES string of the molecule is O=C1[C@@H]2[C@H](ON(c3ccccc3)[C@H]2c2cccc3ccccc23)C(=O)N1c1cccc(Cl)c1. The molecule has 4 aromatic rings. The summed E-state index contributed by atoms with van der Waals surface area (Å²) in [4.78, 5) is 34.6. The highest BCUT2D eigenvalue weighted by molar-refractivity contribution is 6.31. The van der Waals surface area contributed by atoms with Gasteiger partial charge in [0, 0.05) is 5.02 Å². The number of carbonyl (C=O) groups is 2. The second kappa shape index (κ2) is 7.73. The molecule has 0 aromatic heterocycles. The molecule has 2 aliphatic rings. The maximum Gasteiger partial charge on any atom is 0.266 e. The fourth-order valence-corrected chi connectivity index (χ4v) is 5.09. The van der Waals surface area contributed by atoms with Gasteiger partial charge in [-0.05, 0) is 46.7 Å². The first-order valence-electron chi connectivity index (χ1n) is 10.8. The zero-order chi connectivity index (χ0) is 22.5. The van der Waals surface area contributed by atoms with Crippen molar-refractivity contribution in [3.63, 3.8) is 0 Å². The molecular formula is C27H19ClN2O3. The number of rotatable bonds is 3. The van der Waals surface area contributed by atoms with E-state index in [0.717, 1.165) is 22.0 Å². The zero-order valence-corrected chi connectivity index (χ0v) is 18.2. The molecule has 33 heavy (non-hydrogen) atoms. The van der Waals surface area contributed by atoms with Gasteiger partial charge in [0.05, 0.1) is 17.4 Å². The van der Waals surface area contributed by atoms with Gasteiger partial charge < -0.3 is 0 Å². The van der Waals surface area contributed by atoms with Crippen molar-refractivity contribution in [1.29, 1.82) is 0 Å². The minimum atomic E-state index is -0.916. The van der Waals surface area contributed by atoms with Gasteiger partial charge in [-0.3, -0.25) is 14.4 Å². The van der Waals surface area contributed by atoms with Gasteiger partial charge in [0.25, 0.3) is 5.91 Å². The van der Waals surface area contributed by atoms with Gasteiger partial charge in [0.1, 0.15) is 5.92 Å². The second-order valence-electron chi connectivity index (χ2n) is 8.22. The summed E-state index contributed by atoms with van der Waals surface area (Å²) in [6.45, 7) is 0. The zero-order valence-electron chi connectivity index (χ0n) is 17.5. The van der Waals surface area contributed by atoms with Crippen molar-refractivity contribution in [2.75, 3.05) is 9.96 Å². The minimum Gasteiger partial charge on any atom is -0.273 e. The Morgan fingerprint density at radius 3 is 2.24 bits per heavy atom. The van der Waals surface area contributed by atoms with E-state index >= 15 is 0 Å². The fraction of sp³-hybridized carbons (Fsp3) is 0.111. The van der Waals surface area contributed by atoms with Crippen molar-refractivity contribution in [2.24, 2.45) is 5.92 Å². The van der Waals surface area contributed by atoms with Gasteiger partial charge >= 0.3 is 0 Å². The van der Waals surface area contributed by atoms with Gasteiger partial charge in [-0.1, -0.05) is 78.3 Å². The molecule has 0 unspecified atom stereocenters. The van der Waals surface area contributed by atoms with Crippen LogP contribution in [0.2, 0.25) is 5.02 Å². The summed E-state index contributed by atoms with van der Waals surface area (Å²) in [5, 5.41) is 4.27. The van der Waals surface area contributed by atoms with E-state index in [1.54, 1.807) is 29.3 Å². The van der Waals surface area contributed by atoms with Crippen molar-refractivity contribution in [3.05, 3.63) is 108 Å². The van der Waals surface area contributed by atoms with Gasteiger partial charge in [0.2, 0.25) is 5.91 Å². The summed E-state index contributed by atoms with van der Waals surface area (Å²) in [5.41, 5.74) is 2.19. The van der Waals surface area contributed by atoms with E-state index < -0.39 is 18.1 Å². The van der Waals surface area contributed by atoms with Crippen LogP contribution in [-0.4, -0.2) is 17.9 Å². The van der Waals surface area contributed by atoms with Crippen LogP contribution in [0.15, 0.2) is 97.1 Å². The van der Waals surface area contributed by atoms with Crippen LogP contribution >= 0.6 is 11.6 Å². The highest BCUT2D eigenvalue weighted by atomic mass is 35.5. The maximum absolute atomic E-state index is 13.8. The minimum absolute atomic E-state index is 0.288. The normalized spacial score (nSPS) is 22.3. The summed E-state index contributed by atoms with van der Waals surface area (Å²) >= 11 is 6.14. The number of carbonyl (C=O) groups excluding carboxylic acids is 2. The number of hydroxylamine groups is 1. The van der Waals surface area contributed by atoms with Crippen molar-refractivity contribution < 1.29 is 14.4 Å². The number of hydrogen-bond donors (Lipinski definition) is 0. The van der Waals surface area contributed by atoms with Crippen molar-refractivity contribution in [2.45, 2.75) is 12.1 Å². The lowest BCUT2D eigenvalue weighted by Gasteiger charge is -2.29. The quantitative estimate of drug-likeness (QED) is 0.381. The molecule has 2 saturated heterocycles. The molecule has 0 radical (unpaired) electrons. The van der Waals surface area contributed by atoms with Gasteiger partial charge in [-0.25, -0.2) is 9.96 Å². The molecule has 5 nitrogen and oxygen atoms in total. The third kappa shape index (κ3) is 3.12. The molecule has 0 spiro atoms. The van der Waals surface area contributed by atoms with E-state index in [2.05, 4.69) is 0 Å². The largest absolute Gasteiger partial charge is 0.273 e. The molecular weight excluding hydrogens is 436 g/mol. The molecule has 0 N–H and O–H groups in total. The molecule has 0 aliphatic carbocycles. The first kappa shape index (κ1) is 20.0. The van der Waals surface area contributed by atoms with Gasteiger partial charge in [-0.15, -0.1) is 0 Å². The highest BCUT2D eigenvalue weighted by Crippen LogP contribution is 2.49. The van der Waals surface area contributed by atoms with Crippen molar-refractivity contribution in [1.82, 2.24) is 0 Å². The van der Waals surface area contributed by atoms with Crippen LogP contribution in [0.4, 0.5) is 11.4 Å². The molecule has 6 heteroatoms. The first-order valence-corrected chi connectivity index (χ1v) is 11.1. The summed E-state index contributed by atoms with van der Waals surface area (Å²) in [6.07, 6.45) is -0.916. The van der Waals surface area contributed by atoms with Crippen LogP contribution in [-0.2, 0) is 14.4 Å². The summed E-state index contributed by atoms with van der Waals surface area (Å²) in [7, 11) is 0. The Morgan fingerprint density at radius 1 is 0.727 bits per heavy atom. The summed E-state index contributed by atoms with van der Waals surface area (Å²) in [5.74, 6) is -1.36. The molecule has 2 aliphatic heterocycles. The monoisotopic (exact) mass is 454 g/mol. The lowest BCUT2D eigenvalue weighted by molar-refractivity contribution is -0.126. The average molecular weight is 455 g/mol. The number of benzene rings is 4. The lowest BCUT2D eigenvalue weighted by atomic mass is 9.87. The Balaban J connectivity index is 1.51. The van der Waals surface area contributed by atoms with Crippen LogP contribution in [0.1, 0.15) is 11.6 Å². The molecule has 6 rings (SSSR count). The smallest absolute Gasteiger partial charge is 0.266 e. The molecule has 2 fully saturated rings. The van der Waals surface area contributed by atoms with Crippen LogP contribution in [0.5, 0.6) is 0 Å². The third-order valence-electron chi connectivity index (χ3n) is 6.33. The van der Waals surface area contributed by atoms with E-state index in [4.69, 9.17) is 16.4 Å². The Hall–Kier alpha value is -3.67. The second-order valence-corrected chi connectivity index (χ2v) is 8.65. The number of fused-ring (bicyclic) bond motifs is 2. The topological polar surface area (TPSA) is 49.9 Å². The molecule has 0 saturated carbocycles. The number of nitrogens with zero attached hydrogens (tertiary/aromatic N) is 2. The van der Waals surface area contributed by atoms with Crippen molar-refractivity contribution >= 4 is 45.6 Å². The molecule has 0 bridgehead atoms. The first-order chi connectivity index (χ1) is 16.1. The third-order valence-corrected chi connectivity index (χ3v) is 6.57. The lowest BCUT2D eigenvalue weighted by Crippen LogP contribution is -2.37. The van der Waals surface area contributed by atoms with E-state index in [1.165, 1.54) is 4.90 Å². The summed E-state index contributed by atoms with van der Waals surface area (Å²) < 4.78 is 0. The Labute approximate surface area is 195 Å². The van der Waals surface area contributed by atoms with Crippen LogP contribution < -0.4 is 9.96 Å². The Bertz CT molecular complexity index is 1390. The van der Waals surface area contributed by atoms with Crippen LogP contribution in [0, 0.1) is 5.92 Å². The predicted octanol–water partition coefficient (Wildman–Crippen LogP) is 5.54. The van der Waals surface area contributed by atoms with E-state index in [1.807, 2.05) is 72.8 Å². The van der Waals surface area contributed by atoms with E-state index in [0.29, 0.717) is 10.7 Å². The number of halogens is 1. The highest BCUT2D eigenvalue weighted by Gasteiger charge is 2.60. The standard InChI is InChI=1S/C27H19ClN2O3/c28-18-10-7-13-20(16-18)29-26(31)23-24(22-15-6-9-17-8-4-5-14-21(17)22)30(33-25(23)27(29)32)19-11-2-1-3-12-19/h1-16,23-25H/t23-,24-,25-/m0/s1. The van der Waals surface area contributed by atoms with Gasteiger partial charge in [-0.2, -0.15) is 0 Å². The predicted molar refractivity (Wildman–Crippen MR) is 128 cm³/mol. The number of hydrogen-bond acceptors (Lipinski definition) is 4. The van der Waals surface area contributed by atoms with Crippen molar-refractivity contribution in [3.8, 4) is 0 Å². The number of amides is 2. The molecule has 162 valence electrons. The van der Waals surface area contributed by atoms with E-state index in [9.17, 15) is 9.59 Å². The Morgan fingerprint density at radius 2 is 1.42 bits per heavy atom. The Kier molecular flexibility index (Phi) is 4.68. The number of anilines is 2. The van der Waals surface area contributed by atoms with E-state index in [-0.39, 0.29) is 11.8 Å². The molecule has 3 atom stereocenters. The van der Waals surface area contributed by atoms with Gasteiger partial charge in [0.15, 0.2) is 6.10 Å².